The fourth-order valence-electron chi connectivity index (χ4n) is 5.03. The van der Waals surface area contributed by atoms with Gasteiger partial charge in [-0.25, -0.2) is 9.97 Å². The van der Waals surface area contributed by atoms with E-state index in [0.29, 0.717) is 18.3 Å². The van der Waals surface area contributed by atoms with Gasteiger partial charge in [-0.05, 0) is 65.0 Å². The first kappa shape index (κ1) is 21.2. The van der Waals surface area contributed by atoms with Crippen LogP contribution in [0.25, 0.3) is 22.2 Å². The van der Waals surface area contributed by atoms with Crippen LogP contribution in [0, 0.1) is 5.92 Å². The minimum atomic E-state index is 0.128. The zero-order chi connectivity index (χ0) is 22.1. The summed E-state index contributed by atoms with van der Waals surface area (Å²) in [5.74, 6) is 1.01. The predicted octanol–water partition coefficient (Wildman–Crippen LogP) is 2.34. The van der Waals surface area contributed by atoms with Crippen LogP contribution >= 0.6 is 0 Å². The van der Waals surface area contributed by atoms with Crippen molar-refractivity contribution in [1.29, 1.82) is 0 Å². The number of nitrogens with zero attached hydrogens (tertiary/aromatic N) is 7. The fourth-order valence-corrected chi connectivity index (χ4v) is 5.03. The van der Waals surface area contributed by atoms with E-state index < -0.39 is 0 Å². The average Bonchev–Trinajstić information content (AvgIpc) is 3.25. The molecule has 2 aromatic heterocycles. The Kier molecular flexibility index (Phi) is 5.97. The first-order valence-electron chi connectivity index (χ1n) is 11.6. The molecule has 1 aromatic carbocycles. The Morgan fingerprint density at radius 2 is 1.84 bits per heavy atom. The number of hydrogen-bond acceptors (Lipinski definition) is 7. The van der Waals surface area contributed by atoms with Crippen molar-refractivity contribution in [3.05, 3.63) is 36.4 Å². The molecule has 5 rings (SSSR count). The largest absolute Gasteiger partial charge is 0.306 e. The van der Waals surface area contributed by atoms with E-state index >= 15 is 0 Å². The lowest BCUT2D eigenvalue weighted by Gasteiger charge is -2.40. The molecule has 0 spiro atoms. The van der Waals surface area contributed by atoms with Gasteiger partial charge < -0.3 is 9.80 Å². The van der Waals surface area contributed by atoms with Crippen LogP contribution in [0.5, 0.6) is 0 Å². The lowest BCUT2D eigenvalue weighted by atomic mass is 9.89. The molecular formula is C24H31N7O. The van der Waals surface area contributed by atoms with Crippen LogP contribution in [0.2, 0.25) is 0 Å². The van der Waals surface area contributed by atoms with Gasteiger partial charge in [0.1, 0.15) is 17.3 Å². The molecule has 2 fully saturated rings. The number of likely N-dealkylation sites (tertiary alicyclic amines) is 2. The van der Waals surface area contributed by atoms with Gasteiger partial charge in [0.25, 0.3) is 0 Å². The Morgan fingerprint density at radius 3 is 2.56 bits per heavy atom. The summed E-state index contributed by atoms with van der Waals surface area (Å²) in [5, 5.41) is 9.14. The van der Waals surface area contributed by atoms with Crippen molar-refractivity contribution in [2.75, 3.05) is 33.2 Å². The third kappa shape index (κ3) is 4.56. The van der Waals surface area contributed by atoms with E-state index in [-0.39, 0.29) is 11.7 Å². The highest BCUT2D eigenvalue weighted by Gasteiger charge is 2.30. The quantitative estimate of drug-likeness (QED) is 0.611. The summed E-state index contributed by atoms with van der Waals surface area (Å²) in [4.78, 5) is 27.2. The summed E-state index contributed by atoms with van der Waals surface area (Å²) in [6.45, 7) is 4.43. The smallest absolute Gasteiger partial charge is 0.143 e. The van der Waals surface area contributed by atoms with E-state index in [2.05, 4.69) is 32.1 Å². The molecule has 0 saturated carbocycles. The number of aromatic nitrogens is 5. The van der Waals surface area contributed by atoms with Crippen molar-refractivity contribution in [3.63, 3.8) is 0 Å². The highest BCUT2D eigenvalue weighted by molar-refractivity contribution is 5.85. The van der Waals surface area contributed by atoms with Gasteiger partial charge in [-0.1, -0.05) is 17.3 Å². The Hall–Kier alpha value is -2.71. The zero-order valence-corrected chi connectivity index (χ0v) is 18.9. The zero-order valence-electron chi connectivity index (χ0n) is 18.9. The fraction of sp³-hybridized carbons (Fsp3) is 0.542. The highest BCUT2D eigenvalue weighted by Crippen LogP contribution is 2.25. The number of aryl methyl sites for hydroxylation is 1. The summed E-state index contributed by atoms with van der Waals surface area (Å²) in [7, 11) is 4.05. The van der Waals surface area contributed by atoms with Gasteiger partial charge in [0.15, 0.2) is 0 Å². The standard InChI is InChI=1S/C24H31N7O/c1-29-9-7-20(8-10-29)31-11-5-17(6-12-31)23(32)14-24-25-15-19-4-3-18(13-21(19)26-24)22-16-30(2)28-27-22/h3-4,13,15-17,20H,5-12,14H2,1-2H3. The molecule has 0 aliphatic carbocycles. The van der Waals surface area contributed by atoms with Crippen molar-refractivity contribution in [3.8, 4) is 11.3 Å². The number of carbonyl (C=O) groups is 1. The molecule has 2 aliphatic rings. The van der Waals surface area contributed by atoms with Gasteiger partial charge in [-0.3, -0.25) is 9.48 Å². The summed E-state index contributed by atoms with van der Waals surface area (Å²) >= 11 is 0. The van der Waals surface area contributed by atoms with Crippen LogP contribution in [0.4, 0.5) is 0 Å². The Morgan fingerprint density at radius 1 is 1.06 bits per heavy atom. The second-order valence-electron chi connectivity index (χ2n) is 9.33. The van der Waals surface area contributed by atoms with Gasteiger partial charge in [-0.2, -0.15) is 0 Å². The van der Waals surface area contributed by atoms with E-state index in [1.807, 2.05) is 37.6 Å². The first-order valence-corrected chi connectivity index (χ1v) is 11.6. The van der Waals surface area contributed by atoms with Crippen LogP contribution < -0.4 is 0 Å². The lowest BCUT2D eigenvalue weighted by Crippen LogP contribution is -2.47. The molecule has 8 nitrogen and oxygen atoms in total. The molecule has 0 amide bonds. The van der Waals surface area contributed by atoms with Crippen LogP contribution in [-0.2, 0) is 18.3 Å². The first-order chi connectivity index (χ1) is 15.5. The molecular weight excluding hydrogens is 402 g/mol. The molecule has 2 saturated heterocycles. The number of piperidine rings is 2. The number of Topliss-reactive ketones (excluding diaryl/α,β-unsaturated/α-hetero) is 1. The second kappa shape index (κ2) is 9.03. The van der Waals surface area contributed by atoms with Gasteiger partial charge in [0.2, 0.25) is 0 Å². The molecule has 3 aromatic rings. The third-order valence-electron chi connectivity index (χ3n) is 7.05. The van der Waals surface area contributed by atoms with Crippen molar-refractivity contribution in [1.82, 2.24) is 34.8 Å². The molecule has 4 heterocycles. The van der Waals surface area contributed by atoms with Crippen molar-refractivity contribution >= 4 is 16.7 Å². The van der Waals surface area contributed by atoms with Crippen LogP contribution in [0.1, 0.15) is 31.5 Å². The Bertz CT molecular complexity index is 1090. The summed E-state index contributed by atoms with van der Waals surface area (Å²) in [6, 6.07) is 6.67. The van der Waals surface area contributed by atoms with Crippen LogP contribution in [0.3, 0.4) is 0 Å². The number of hydrogen-bond donors (Lipinski definition) is 0. The molecule has 0 atom stereocenters. The second-order valence-corrected chi connectivity index (χ2v) is 9.33. The SMILES string of the molecule is CN1CCC(N2CCC(C(=O)Cc3ncc4ccc(-c5cn(C)nn5)cc4n3)CC2)CC1. The highest BCUT2D eigenvalue weighted by atomic mass is 16.1. The van der Waals surface area contributed by atoms with Crippen LogP contribution in [-0.4, -0.2) is 79.8 Å². The normalized spacial score (nSPS) is 19.6. The van der Waals surface area contributed by atoms with Crippen LogP contribution in [0.15, 0.2) is 30.6 Å². The molecule has 0 N–H and O–H groups in total. The van der Waals surface area contributed by atoms with Gasteiger partial charge in [0.05, 0.1) is 18.1 Å². The summed E-state index contributed by atoms with van der Waals surface area (Å²) in [6.07, 6.45) is 8.40. The third-order valence-corrected chi connectivity index (χ3v) is 7.05. The monoisotopic (exact) mass is 433 g/mol. The summed E-state index contributed by atoms with van der Waals surface area (Å²) < 4.78 is 1.68. The van der Waals surface area contributed by atoms with E-state index in [4.69, 9.17) is 4.98 Å². The van der Waals surface area contributed by atoms with Gasteiger partial charge in [-0.15, -0.1) is 5.10 Å². The van der Waals surface area contributed by atoms with E-state index in [0.717, 1.165) is 48.1 Å². The average molecular weight is 434 g/mol. The van der Waals surface area contributed by atoms with E-state index in [9.17, 15) is 4.79 Å². The minimum absolute atomic E-state index is 0.128. The van der Waals surface area contributed by atoms with Crippen molar-refractivity contribution in [2.45, 2.75) is 38.1 Å². The summed E-state index contributed by atoms with van der Waals surface area (Å²) in [5.41, 5.74) is 2.60. The molecule has 2 aliphatic heterocycles. The molecule has 0 radical (unpaired) electrons. The minimum Gasteiger partial charge on any atom is -0.306 e. The predicted molar refractivity (Wildman–Crippen MR) is 123 cm³/mol. The van der Waals surface area contributed by atoms with Crippen molar-refractivity contribution < 1.29 is 4.79 Å². The Labute approximate surface area is 188 Å². The molecule has 32 heavy (non-hydrogen) atoms. The number of carbonyl (C=O) groups excluding carboxylic acids is 1. The molecule has 168 valence electrons. The molecule has 0 unspecified atom stereocenters. The molecule has 8 heteroatoms. The topological polar surface area (TPSA) is 80.0 Å². The number of rotatable bonds is 5. The van der Waals surface area contributed by atoms with Gasteiger partial charge in [0, 0.05) is 36.2 Å². The molecule has 0 bridgehead atoms. The maximum Gasteiger partial charge on any atom is 0.143 e. The number of ketones is 1. The van der Waals surface area contributed by atoms with Gasteiger partial charge >= 0.3 is 0 Å². The Balaban J connectivity index is 1.22. The van der Waals surface area contributed by atoms with E-state index in [1.165, 1.54) is 25.9 Å². The number of fused-ring (bicyclic) bond motifs is 1. The number of benzene rings is 1. The van der Waals surface area contributed by atoms with Crippen molar-refractivity contribution in [2.24, 2.45) is 13.0 Å². The maximum absolute atomic E-state index is 13.0. The maximum atomic E-state index is 13.0. The van der Waals surface area contributed by atoms with E-state index in [1.54, 1.807) is 4.68 Å². The lowest BCUT2D eigenvalue weighted by molar-refractivity contribution is -0.124.